The Kier molecular flexibility index (Phi) is 6.70. The molecule has 3 N–H and O–H groups in total. The van der Waals surface area contributed by atoms with Crippen molar-refractivity contribution in [3.8, 4) is 0 Å². The molecule has 1 aliphatic heterocycles. The van der Waals surface area contributed by atoms with Gasteiger partial charge in [-0.3, -0.25) is 0 Å². The van der Waals surface area contributed by atoms with Gasteiger partial charge in [0, 0.05) is 0 Å². The van der Waals surface area contributed by atoms with Gasteiger partial charge in [0.15, 0.2) is 4.58 Å². The summed E-state index contributed by atoms with van der Waals surface area (Å²) in [5, 5.41) is 27.1. The SMILES string of the molecule is O=C(OCC(CO)(CO)CO)C1SSSS1. The largest absolute Gasteiger partial charge is 0.463 e. The molecule has 9 heteroatoms. The quantitative estimate of drug-likeness (QED) is 0.480. The van der Waals surface area contributed by atoms with Crippen LogP contribution in [0.15, 0.2) is 0 Å². The molecule has 0 aromatic rings. The van der Waals surface area contributed by atoms with Crippen LogP contribution in [0.2, 0.25) is 0 Å². The Labute approximate surface area is 108 Å². The van der Waals surface area contributed by atoms with Crippen LogP contribution in [0.4, 0.5) is 0 Å². The van der Waals surface area contributed by atoms with Gasteiger partial charge in [-0.1, -0.05) is 21.6 Å². The molecule has 0 unspecified atom stereocenters. The molecule has 1 fully saturated rings. The summed E-state index contributed by atoms with van der Waals surface area (Å²) in [5.41, 5.74) is -1.15. The molecule has 0 aliphatic carbocycles. The zero-order valence-corrected chi connectivity index (χ0v) is 11.5. The smallest absolute Gasteiger partial charge is 0.331 e. The Bertz CT molecular complexity index is 221. The normalized spacial score (nSPS) is 17.7. The second-order valence-corrected chi connectivity index (χ2v) is 9.56. The van der Waals surface area contributed by atoms with E-state index in [1.54, 1.807) is 0 Å². The van der Waals surface area contributed by atoms with Crippen molar-refractivity contribution in [3.05, 3.63) is 0 Å². The van der Waals surface area contributed by atoms with Crippen LogP contribution in [-0.4, -0.2) is 52.3 Å². The number of aliphatic hydroxyl groups is 3. The summed E-state index contributed by atoms with van der Waals surface area (Å²) in [4.78, 5) is 11.5. The predicted octanol–water partition coefficient (Wildman–Crippen LogP) is 0.510. The van der Waals surface area contributed by atoms with Crippen LogP contribution >= 0.6 is 41.2 Å². The molecule has 0 radical (unpaired) electrons. The van der Waals surface area contributed by atoms with Crippen LogP contribution in [0.1, 0.15) is 0 Å². The summed E-state index contributed by atoms with van der Waals surface area (Å²) in [6.07, 6.45) is 0. The molecule has 0 aromatic carbocycles. The first-order valence-electron chi connectivity index (χ1n) is 4.32. The fourth-order valence-corrected chi connectivity index (χ4v) is 8.98. The molecule has 0 atom stereocenters. The van der Waals surface area contributed by atoms with Crippen LogP contribution in [0, 0.1) is 5.41 Å². The summed E-state index contributed by atoms with van der Waals surface area (Å²) in [7, 11) is 5.83. The summed E-state index contributed by atoms with van der Waals surface area (Å²) < 4.78 is 4.69. The van der Waals surface area contributed by atoms with Gasteiger partial charge in [0.05, 0.1) is 25.2 Å². The highest BCUT2D eigenvalue weighted by Crippen LogP contribution is 2.58. The molecule has 0 saturated carbocycles. The predicted molar refractivity (Wildman–Crippen MR) is 68.8 cm³/mol. The fourth-order valence-electron chi connectivity index (χ4n) is 0.777. The monoisotopic (exact) mass is 304 g/mol. The number of aliphatic hydroxyl groups excluding tert-OH is 3. The molecule has 1 aliphatic rings. The van der Waals surface area contributed by atoms with E-state index in [9.17, 15) is 4.79 Å². The summed E-state index contributed by atoms with van der Waals surface area (Å²) >= 11 is 0. The fraction of sp³-hybridized carbons (Fsp3) is 0.857. The van der Waals surface area contributed by atoms with Crippen molar-refractivity contribution < 1.29 is 24.9 Å². The van der Waals surface area contributed by atoms with Gasteiger partial charge < -0.3 is 20.1 Å². The van der Waals surface area contributed by atoms with E-state index in [2.05, 4.69) is 0 Å². The van der Waals surface area contributed by atoms with Gasteiger partial charge in [0.25, 0.3) is 0 Å². The number of rotatable bonds is 6. The number of carbonyl (C=O) groups is 1. The first-order chi connectivity index (χ1) is 7.67. The first kappa shape index (κ1) is 14.8. The van der Waals surface area contributed by atoms with Gasteiger partial charge >= 0.3 is 5.97 Å². The average molecular weight is 304 g/mol. The Balaban J connectivity index is 2.39. The van der Waals surface area contributed by atoms with Crippen LogP contribution in [0.5, 0.6) is 0 Å². The molecular formula is C7H12O5S4. The minimum atomic E-state index is -1.15. The standard InChI is InChI=1S/C7H12O5S4/c8-1-7(2-9,3-10)4-12-5(11)6-13-15-16-14-6/h6,8-10H,1-4H2. The van der Waals surface area contributed by atoms with E-state index in [-0.39, 0.29) is 11.2 Å². The maximum Gasteiger partial charge on any atom is 0.331 e. The lowest BCUT2D eigenvalue weighted by Gasteiger charge is -2.26. The van der Waals surface area contributed by atoms with E-state index in [1.807, 2.05) is 0 Å². The lowest BCUT2D eigenvalue weighted by Crippen LogP contribution is -2.40. The van der Waals surface area contributed by atoms with Gasteiger partial charge in [-0.05, 0) is 19.7 Å². The van der Waals surface area contributed by atoms with Crippen LogP contribution < -0.4 is 0 Å². The lowest BCUT2D eigenvalue weighted by molar-refractivity contribution is -0.148. The summed E-state index contributed by atoms with van der Waals surface area (Å²) in [6.45, 7) is -1.46. The van der Waals surface area contributed by atoms with E-state index in [1.165, 1.54) is 41.2 Å². The third kappa shape index (κ3) is 3.90. The molecule has 1 heterocycles. The van der Waals surface area contributed by atoms with E-state index in [0.29, 0.717) is 0 Å². The Morgan fingerprint density at radius 1 is 1.12 bits per heavy atom. The minimum absolute atomic E-state index is 0.178. The number of hydrogen-bond donors (Lipinski definition) is 3. The second kappa shape index (κ2) is 7.24. The molecule has 0 bridgehead atoms. The van der Waals surface area contributed by atoms with Crippen molar-refractivity contribution in [2.24, 2.45) is 5.41 Å². The van der Waals surface area contributed by atoms with Gasteiger partial charge in [-0.25, -0.2) is 4.79 Å². The van der Waals surface area contributed by atoms with E-state index < -0.39 is 31.2 Å². The molecule has 0 aromatic heterocycles. The number of ether oxygens (including phenoxy) is 1. The Morgan fingerprint density at radius 3 is 2.06 bits per heavy atom. The zero-order chi connectivity index (χ0) is 12.0. The third-order valence-corrected chi connectivity index (χ3v) is 9.46. The summed E-state index contributed by atoms with van der Waals surface area (Å²) in [5.74, 6) is -0.396. The van der Waals surface area contributed by atoms with Crippen LogP contribution in [0.25, 0.3) is 0 Å². The van der Waals surface area contributed by atoms with Crippen molar-refractivity contribution in [1.29, 1.82) is 0 Å². The van der Waals surface area contributed by atoms with Gasteiger partial charge in [-0.15, -0.1) is 0 Å². The highest BCUT2D eigenvalue weighted by Gasteiger charge is 2.33. The number of hydrogen-bond acceptors (Lipinski definition) is 9. The van der Waals surface area contributed by atoms with Crippen molar-refractivity contribution in [2.75, 3.05) is 26.4 Å². The Morgan fingerprint density at radius 2 is 1.62 bits per heavy atom. The van der Waals surface area contributed by atoms with Gasteiger partial charge in [0.1, 0.15) is 6.61 Å². The maximum absolute atomic E-state index is 11.5. The van der Waals surface area contributed by atoms with E-state index in [4.69, 9.17) is 20.1 Å². The third-order valence-electron chi connectivity index (χ3n) is 2.00. The maximum atomic E-state index is 11.5. The average Bonchev–Trinajstić information content (AvgIpc) is 2.85. The van der Waals surface area contributed by atoms with Crippen molar-refractivity contribution in [3.63, 3.8) is 0 Å². The molecular weight excluding hydrogens is 292 g/mol. The molecule has 5 nitrogen and oxygen atoms in total. The topological polar surface area (TPSA) is 87.0 Å². The van der Waals surface area contributed by atoms with Gasteiger partial charge in [-0.2, -0.15) is 0 Å². The molecule has 0 amide bonds. The first-order valence-corrected chi connectivity index (χ1v) is 9.26. The molecule has 0 spiro atoms. The van der Waals surface area contributed by atoms with Crippen molar-refractivity contribution in [1.82, 2.24) is 0 Å². The molecule has 1 rings (SSSR count). The molecule has 94 valence electrons. The Hall–Kier alpha value is 0.750. The lowest BCUT2D eigenvalue weighted by atomic mass is 9.93. The van der Waals surface area contributed by atoms with Gasteiger partial charge in [0.2, 0.25) is 0 Å². The highest BCUT2D eigenvalue weighted by atomic mass is 33.7. The summed E-state index contributed by atoms with van der Waals surface area (Å²) in [6, 6.07) is 0. The zero-order valence-electron chi connectivity index (χ0n) is 8.20. The second-order valence-electron chi connectivity index (χ2n) is 3.24. The molecule has 16 heavy (non-hydrogen) atoms. The van der Waals surface area contributed by atoms with Crippen LogP contribution in [0.3, 0.4) is 0 Å². The van der Waals surface area contributed by atoms with Crippen molar-refractivity contribution in [2.45, 2.75) is 4.58 Å². The highest BCUT2D eigenvalue weighted by molar-refractivity contribution is 9.31. The van der Waals surface area contributed by atoms with Crippen molar-refractivity contribution >= 4 is 47.2 Å². The van der Waals surface area contributed by atoms with Crippen LogP contribution in [-0.2, 0) is 9.53 Å². The molecule has 1 saturated heterocycles. The number of esters is 1. The number of carbonyl (C=O) groups excluding carboxylic acids is 1. The van der Waals surface area contributed by atoms with E-state index >= 15 is 0 Å². The van der Waals surface area contributed by atoms with E-state index in [0.717, 1.165) is 0 Å². The minimum Gasteiger partial charge on any atom is -0.463 e.